The van der Waals surface area contributed by atoms with Gasteiger partial charge >= 0.3 is 0 Å². The maximum absolute atomic E-state index is 6.00. The van der Waals surface area contributed by atoms with Crippen LogP contribution in [0.1, 0.15) is 51.2 Å². The number of thiocarbonyl (C=S) groups is 1. The minimum atomic E-state index is 0.460. The van der Waals surface area contributed by atoms with Crippen LogP contribution in [-0.2, 0) is 6.54 Å². The van der Waals surface area contributed by atoms with E-state index in [-0.39, 0.29) is 0 Å². The van der Waals surface area contributed by atoms with E-state index in [9.17, 15) is 0 Å². The molecule has 9 heteroatoms. The fourth-order valence-electron chi connectivity index (χ4n) is 4.89. The molecule has 0 unspecified atom stereocenters. The van der Waals surface area contributed by atoms with E-state index in [0.717, 1.165) is 60.8 Å². The van der Waals surface area contributed by atoms with Gasteiger partial charge in [-0.15, -0.1) is 0 Å². The average Bonchev–Trinajstić information content (AvgIpc) is 3.21. The first kappa shape index (κ1) is 25.8. The molecule has 2 N–H and O–H groups in total. The molecule has 2 aliphatic rings. The Hall–Kier alpha value is -2.84. The van der Waals surface area contributed by atoms with Crippen molar-refractivity contribution in [2.24, 2.45) is 5.92 Å². The lowest BCUT2D eigenvalue weighted by molar-refractivity contribution is 0.436. The molecular weight excluding hydrogens is 504 g/mol. The highest BCUT2D eigenvalue weighted by Gasteiger charge is 2.21. The number of nitrogens with zero attached hydrogens (tertiary/aromatic N) is 4. The molecule has 196 valence electrons. The van der Waals surface area contributed by atoms with Crippen molar-refractivity contribution in [1.29, 1.82) is 0 Å². The van der Waals surface area contributed by atoms with Crippen LogP contribution >= 0.6 is 23.8 Å². The van der Waals surface area contributed by atoms with E-state index >= 15 is 0 Å². The minimum Gasteiger partial charge on any atom is -0.459 e. The molecule has 0 atom stereocenters. The van der Waals surface area contributed by atoms with Crippen LogP contribution in [0.2, 0.25) is 5.02 Å². The number of aromatic nitrogens is 2. The van der Waals surface area contributed by atoms with Gasteiger partial charge in [-0.2, -0.15) is 9.97 Å². The van der Waals surface area contributed by atoms with Gasteiger partial charge in [0.25, 0.3) is 0 Å². The monoisotopic (exact) mass is 538 g/mol. The van der Waals surface area contributed by atoms with Gasteiger partial charge in [0.2, 0.25) is 5.95 Å². The minimum absolute atomic E-state index is 0.460. The number of nitrogens with one attached hydrogen (secondary N) is 2. The average molecular weight is 539 g/mol. The van der Waals surface area contributed by atoms with E-state index in [1.807, 2.05) is 36.4 Å². The third-order valence-corrected chi connectivity index (χ3v) is 7.67. The Morgan fingerprint density at radius 2 is 1.59 bits per heavy atom. The second-order valence-electron chi connectivity index (χ2n) is 10.1. The number of hydrogen-bond acceptors (Lipinski definition) is 6. The molecule has 7 nitrogen and oxygen atoms in total. The van der Waals surface area contributed by atoms with Crippen molar-refractivity contribution in [3.05, 3.63) is 53.2 Å². The molecule has 37 heavy (non-hydrogen) atoms. The second-order valence-corrected chi connectivity index (χ2v) is 10.9. The van der Waals surface area contributed by atoms with Crippen molar-refractivity contribution in [3.8, 4) is 11.3 Å². The lowest BCUT2D eigenvalue weighted by Crippen LogP contribution is -2.35. The Morgan fingerprint density at radius 1 is 0.946 bits per heavy atom. The summed E-state index contributed by atoms with van der Waals surface area (Å²) in [7, 11) is 0. The van der Waals surface area contributed by atoms with Crippen LogP contribution in [0.15, 0.2) is 46.9 Å². The molecule has 3 aromatic rings. The van der Waals surface area contributed by atoms with Crippen LogP contribution in [0.3, 0.4) is 0 Å². The molecule has 0 amide bonds. The van der Waals surface area contributed by atoms with Gasteiger partial charge in [0.15, 0.2) is 5.11 Å². The number of anilines is 3. The summed E-state index contributed by atoms with van der Waals surface area (Å²) >= 11 is 11.6. The highest BCUT2D eigenvalue weighted by Crippen LogP contribution is 2.27. The zero-order valence-corrected chi connectivity index (χ0v) is 23.0. The summed E-state index contributed by atoms with van der Waals surface area (Å²) in [6.45, 7) is 6.90. The molecule has 2 aromatic heterocycles. The summed E-state index contributed by atoms with van der Waals surface area (Å²) in [5.74, 6) is 4.84. The Balaban J connectivity index is 1.26. The SMILES string of the molecule is CC1CCN(c2cc(N3CCCCCC3)nc(NC(=S)NCc3ccc(-c4ccc(Cl)cc4)o3)n2)CC1. The third-order valence-electron chi connectivity index (χ3n) is 7.18. The smallest absolute Gasteiger partial charge is 0.232 e. The van der Waals surface area contributed by atoms with Crippen molar-refractivity contribution in [3.63, 3.8) is 0 Å². The third kappa shape index (κ3) is 6.93. The van der Waals surface area contributed by atoms with Gasteiger partial charge in [-0.05, 0) is 80.2 Å². The summed E-state index contributed by atoms with van der Waals surface area (Å²) in [4.78, 5) is 14.5. The van der Waals surface area contributed by atoms with Crippen LogP contribution in [0.25, 0.3) is 11.3 Å². The highest BCUT2D eigenvalue weighted by molar-refractivity contribution is 7.80. The zero-order valence-electron chi connectivity index (χ0n) is 21.4. The molecule has 2 fully saturated rings. The number of rotatable bonds is 6. The summed E-state index contributed by atoms with van der Waals surface area (Å²) in [5, 5.41) is 7.63. The Kier molecular flexibility index (Phi) is 8.46. The molecule has 0 spiro atoms. The molecule has 2 saturated heterocycles. The lowest BCUT2D eigenvalue weighted by atomic mass is 9.99. The molecule has 2 aliphatic heterocycles. The second kappa shape index (κ2) is 12.1. The Bertz CT molecular complexity index is 1180. The first-order valence-electron chi connectivity index (χ1n) is 13.3. The van der Waals surface area contributed by atoms with E-state index in [1.54, 1.807) is 0 Å². The maximum atomic E-state index is 6.00. The summed E-state index contributed by atoms with van der Waals surface area (Å²) in [6.07, 6.45) is 7.34. The number of hydrogen-bond donors (Lipinski definition) is 2. The maximum Gasteiger partial charge on any atom is 0.232 e. The molecule has 0 bridgehead atoms. The van der Waals surface area contributed by atoms with Crippen LogP contribution in [0.4, 0.5) is 17.6 Å². The molecule has 4 heterocycles. The summed E-state index contributed by atoms with van der Waals surface area (Å²) in [6, 6.07) is 13.7. The van der Waals surface area contributed by atoms with Crippen LogP contribution in [0, 0.1) is 5.92 Å². The number of benzene rings is 1. The van der Waals surface area contributed by atoms with Crippen molar-refractivity contribution in [1.82, 2.24) is 15.3 Å². The van der Waals surface area contributed by atoms with Crippen molar-refractivity contribution in [2.75, 3.05) is 41.3 Å². The van der Waals surface area contributed by atoms with Crippen molar-refractivity contribution >= 4 is 46.5 Å². The van der Waals surface area contributed by atoms with E-state index in [0.29, 0.717) is 22.6 Å². The number of furan rings is 1. The fraction of sp³-hybridized carbons (Fsp3) is 0.464. The molecule has 0 aliphatic carbocycles. The van der Waals surface area contributed by atoms with Gasteiger partial charge < -0.3 is 24.9 Å². The van der Waals surface area contributed by atoms with E-state index < -0.39 is 0 Å². The van der Waals surface area contributed by atoms with Gasteiger partial charge in [0.1, 0.15) is 23.2 Å². The highest BCUT2D eigenvalue weighted by atomic mass is 35.5. The van der Waals surface area contributed by atoms with Gasteiger partial charge in [0, 0.05) is 42.8 Å². The lowest BCUT2D eigenvalue weighted by Gasteiger charge is -2.32. The van der Waals surface area contributed by atoms with E-state index in [2.05, 4.69) is 33.4 Å². The molecule has 5 rings (SSSR count). The predicted molar refractivity (Wildman–Crippen MR) is 156 cm³/mol. The van der Waals surface area contributed by atoms with Crippen LogP contribution in [-0.4, -0.2) is 41.3 Å². The van der Waals surface area contributed by atoms with Gasteiger partial charge in [-0.25, -0.2) is 0 Å². The summed E-state index contributed by atoms with van der Waals surface area (Å²) in [5.41, 5.74) is 0.981. The van der Waals surface area contributed by atoms with Crippen LogP contribution in [0.5, 0.6) is 0 Å². The quantitative estimate of drug-likeness (QED) is 0.345. The standard InChI is InChI=1S/C28H35ClN6OS/c1-20-12-16-35(17-13-20)26-18-25(34-14-4-2-3-5-15-34)31-27(32-26)33-28(37)30-19-23-10-11-24(36-23)21-6-8-22(29)9-7-21/h6-11,18,20H,2-5,12-17,19H2,1H3,(H2,30,31,32,33,37). The zero-order chi connectivity index (χ0) is 25.6. The number of halogens is 1. The first-order valence-corrected chi connectivity index (χ1v) is 14.1. The molecule has 1 aromatic carbocycles. The van der Waals surface area contributed by atoms with Gasteiger partial charge in [-0.3, -0.25) is 0 Å². The molecule has 0 saturated carbocycles. The van der Waals surface area contributed by atoms with Crippen LogP contribution < -0.4 is 20.4 Å². The normalized spacial score (nSPS) is 16.9. The predicted octanol–water partition coefficient (Wildman–Crippen LogP) is 6.49. The molecular formula is C28H35ClN6OS. The first-order chi connectivity index (χ1) is 18.0. The van der Waals surface area contributed by atoms with Gasteiger partial charge in [-0.1, -0.05) is 31.4 Å². The number of piperidine rings is 1. The van der Waals surface area contributed by atoms with Crippen molar-refractivity contribution < 1.29 is 4.42 Å². The van der Waals surface area contributed by atoms with Gasteiger partial charge in [0.05, 0.1) is 6.54 Å². The largest absolute Gasteiger partial charge is 0.459 e. The summed E-state index contributed by atoms with van der Waals surface area (Å²) < 4.78 is 5.99. The topological polar surface area (TPSA) is 69.5 Å². The van der Waals surface area contributed by atoms with Crippen molar-refractivity contribution in [2.45, 2.75) is 52.0 Å². The fourth-order valence-corrected chi connectivity index (χ4v) is 5.18. The van der Waals surface area contributed by atoms with E-state index in [4.69, 9.17) is 38.2 Å². The Labute approximate surface area is 229 Å². The Morgan fingerprint density at radius 3 is 2.27 bits per heavy atom. The molecule has 0 radical (unpaired) electrons. The van der Waals surface area contributed by atoms with E-state index in [1.165, 1.54) is 38.5 Å².